The Balaban J connectivity index is 1.58. The summed E-state index contributed by atoms with van der Waals surface area (Å²) in [6.07, 6.45) is 15.1. The highest BCUT2D eigenvalue weighted by atomic mass is 16.8. The van der Waals surface area contributed by atoms with Crippen LogP contribution in [0.5, 0.6) is 0 Å². The summed E-state index contributed by atoms with van der Waals surface area (Å²) in [7, 11) is 0. The molecule has 0 spiro atoms. The summed E-state index contributed by atoms with van der Waals surface area (Å²) in [5.74, 6) is -6.10. The number of aliphatic hydroxyl groups excluding tert-OH is 11. The molecule has 0 aromatic rings. The van der Waals surface area contributed by atoms with Crippen LogP contribution in [0.4, 0.5) is 0 Å². The third kappa shape index (κ3) is 30.2. The van der Waals surface area contributed by atoms with Gasteiger partial charge in [-0.2, -0.15) is 0 Å². The van der Waals surface area contributed by atoms with E-state index in [0.29, 0.717) is 19.3 Å². The van der Waals surface area contributed by atoms with Crippen molar-refractivity contribution in [2.75, 3.05) is 26.4 Å². The van der Waals surface area contributed by atoms with Gasteiger partial charge in [0.2, 0.25) is 11.8 Å². The second-order valence-electron chi connectivity index (χ2n) is 25.4. The Bertz CT molecular complexity index is 1860. The average molecular weight is 1280 g/mol. The van der Waals surface area contributed by atoms with Gasteiger partial charge < -0.3 is 100 Å². The fraction of sp³-hybridized carbons (Fsp3) is 0.924. The van der Waals surface area contributed by atoms with E-state index in [1.54, 1.807) is 0 Å². The first kappa shape index (κ1) is 80.7. The van der Waals surface area contributed by atoms with E-state index in [-0.39, 0.29) is 18.9 Å². The van der Waals surface area contributed by atoms with Gasteiger partial charge in [-0.05, 0) is 38.5 Å². The molecule has 3 fully saturated rings. The summed E-state index contributed by atoms with van der Waals surface area (Å²) in [6, 6.07) is -2.53. The highest BCUT2D eigenvalue weighted by molar-refractivity contribution is 5.77. The topological polar surface area (TPSA) is 373 Å². The molecule has 0 aromatic heterocycles. The number of allylic oxidation sites excluding steroid dienone is 2. The largest absolute Gasteiger partial charge is 0.477 e. The zero-order valence-electron chi connectivity index (χ0n) is 54.3. The molecular formula is C66H122N2O21. The molecule has 3 rings (SSSR count). The molecule has 522 valence electrons. The van der Waals surface area contributed by atoms with Crippen LogP contribution in [0.3, 0.4) is 0 Å². The van der Waals surface area contributed by atoms with Gasteiger partial charge in [-0.25, -0.2) is 4.79 Å². The molecule has 89 heavy (non-hydrogen) atoms. The molecule has 0 aromatic carbocycles. The number of aliphatic carboxylic acids is 1. The van der Waals surface area contributed by atoms with Crippen LogP contribution >= 0.6 is 0 Å². The Kier molecular flexibility index (Phi) is 43.0. The van der Waals surface area contributed by atoms with Crippen LogP contribution in [0, 0.1) is 0 Å². The van der Waals surface area contributed by atoms with E-state index in [4.69, 9.17) is 28.4 Å². The predicted octanol–water partition coefficient (Wildman–Crippen LogP) is 5.90. The third-order valence-corrected chi connectivity index (χ3v) is 17.7. The molecule has 23 heteroatoms. The number of amides is 2. The van der Waals surface area contributed by atoms with Gasteiger partial charge in [-0.15, -0.1) is 0 Å². The third-order valence-electron chi connectivity index (χ3n) is 17.7. The molecule has 14 N–H and O–H groups in total. The van der Waals surface area contributed by atoms with Crippen molar-refractivity contribution in [3.63, 3.8) is 0 Å². The maximum absolute atomic E-state index is 13.5. The Morgan fingerprint density at radius 1 is 0.573 bits per heavy atom. The second kappa shape index (κ2) is 47.4. The van der Waals surface area contributed by atoms with E-state index in [9.17, 15) is 75.7 Å². The summed E-state index contributed by atoms with van der Waals surface area (Å²) >= 11 is 0. The van der Waals surface area contributed by atoms with Gasteiger partial charge in [-0.3, -0.25) is 9.59 Å². The minimum atomic E-state index is -3.08. The van der Waals surface area contributed by atoms with E-state index in [0.717, 1.165) is 84.0 Å². The lowest BCUT2D eigenvalue weighted by atomic mass is 9.88. The number of carbonyl (C=O) groups is 3. The van der Waals surface area contributed by atoms with Gasteiger partial charge in [0.1, 0.15) is 67.1 Å². The quantitative estimate of drug-likeness (QED) is 0.0249. The molecule has 18 unspecified atom stereocenters. The zero-order valence-corrected chi connectivity index (χ0v) is 54.3. The average Bonchev–Trinajstić information content (AvgIpc) is 2.63. The first-order chi connectivity index (χ1) is 42.9. The lowest BCUT2D eigenvalue weighted by molar-refractivity contribution is -0.386. The highest BCUT2D eigenvalue weighted by Crippen LogP contribution is 2.39. The Hall–Kier alpha value is -2.53. The molecule has 0 radical (unpaired) electrons. The highest BCUT2D eigenvalue weighted by Gasteiger charge is 2.60. The summed E-state index contributed by atoms with van der Waals surface area (Å²) in [5, 5.41) is 136. The standard InChI is InChI=1S/C66H122N2O21/c1-4-6-8-10-12-14-16-18-19-20-21-22-23-24-25-26-28-30-32-34-36-38-40-53(76)68-47(48(73)39-37-35-33-31-29-27-17-15-13-11-9-7-5-2)45-84-63-58(80)57(79)60(52(44-71)86-63)87-64-59(81)62(56(78)51(43-70)85-64)89-66(65(82)83)41-49(74)54(67-46(3)72)61(88-66)55(77)50(75)42-69/h23-24,47-52,54-64,69-71,73-75,77-81H,4-22,25-45H2,1-3H3,(H,67,72)(H,68,76)(H,82,83)/b24-23-. The maximum Gasteiger partial charge on any atom is 0.364 e. The molecule has 3 heterocycles. The molecule has 2 amide bonds. The number of aliphatic hydroxyl groups is 11. The van der Waals surface area contributed by atoms with Gasteiger partial charge in [0, 0.05) is 19.8 Å². The normalized spacial score (nSPS) is 28.8. The van der Waals surface area contributed by atoms with Gasteiger partial charge in [0.25, 0.3) is 5.79 Å². The van der Waals surface area contributed by atoms with Gasteiger partial charge in [-0.1, -0.05) is 206 Å². The molecule has 0 bridgehead atoms. The van der Waals surface area contributed by atoms with Crippen LogP contribution in [-0.2, 0) is 42.8 Å². The van der Waals surface area contributed by atoms with Crippen LogP contribution in [0.15, 0.2) is 12.2 Å². The smallest absolute Gasteiger partial charge is 0.364 e. The SMILES string of the molecule is CCCCCCCCCCCCC/C=C\CCCCCCCCCC(=O)NC(COC1OC(CO)C(OC2OC(CO)C(O)C(OC3(C(=O)O)CC(O)C(NC(C)=O)C(C(O)C(O)CO)O3)C2O)C(O)C1O)C(O)CCCCCCCCCCCCCCC. The zero-order chi connectivity index (χ0) is 65.4. The van der Waals surface area contributed by atoms with Crippen LogP contribution in [0.2, 0.25) is 0 Å². The second-order valence-corrected chi connectivity index (χ2v) is 25.4. The van der Waals surface area contributed by atoms with Crippen LogP contribution in [-0.4, -0.2) is 215 Å². The van der Waals surface area contributed by atoms with Crippen molar-refractivity contribution in [3.8, 4) is 0 Å². The number of ether oxygens (including phenoxy) is 6. The molecular weight excluding hydrogens is 1160 g/mol. The van der Waals surface area contributed by atoms with Crippen LogP contribution < -0.4 is 10.6 Å². The van der Waals surface area contributed by atoms with Crippen molar-refractivity contribution in [2.45, 2.75) is 362 Å². The first-order valence-electron chi connectivity index (χ1n) is 34.5. The molecule has 3 saturated heterocycles. The minimum absolute atomic E-state index is 0.220. The Morgan fingerprint density at radius 2 is 1.04 bits per heavy atom. The number of hydrogen-bond acceptors (Lipinski definition) is 20. The monoisotopic (exact) mass is 1280 g/mol. The van der Waals surface area contributed by atoms with Gasteiger partial charge in [0.15, 0.2) is 12.6 Å². The van der Waals surface area contributed by atoms with Crippen LogP contribution in [0.1, 0.15) is 252 Å². The molecule has 18 atom stereocenters. The molecule has 3 aliphatic heterocycles. The minimum Gasteiger partial charge on any atom is -0.477 e. The van der Waals surface area contributed by atoms with E-state index < -0.39 is 148 Å². The predicted molar refractivity (Wildman–Crippen MR) is 334 cm³/mol. The summed E-state index contributed by atoms with van der Waals surface area (Å²) in [5.41, 5.74) is 0. The van der Waals surface area contributed by atoms with Gasteiger partial charge in [0.05, 0.1) is 50.7 Å². The van der Waals surface area contributed by atoms with E-state index in [1.165, 1.54) is 122 Å². The van der Waals surface area contributed by atoms with Crippen molar-refractivity contribution in [3.05, 3.63) is 12.2 Å². The summed E-state index contributed by atoms with van der Waals surface area (Å²) in [6.45, 7) is 2.20. The summed E-state index contributed by atoms with van der Waals surface area (Å²) < 4.78 is 34.8. The van der Waals surface area contributed by atoms with Crippen LogP contribution in [0.25, 0.3) is 0 Å². The number of rotatable bonds is 52. The number of hydrogen-bond donors (Lipinski definition) is 14. The number of carbonyl (C=O) groups excluding carboxylic acids is 2. The fourth-order valence-corrected chi connectivity index (χ4v) is 12.2. The van der Waals surface area contributed by atoms with Crippen molar-refractivity contribution in [2.24, 2.45) is 0 Å². The lowest BCUT2D eigenvalue weighted by Gasteiger charge is -2.50. The fourth-order valence-electron chi connectivity index (χ4n) is 12.2. The van der Waals surface area contributed by atoms with E-state index >= 15 is 0 Å². The Morgan fingerprint density at radius 3 is 1.52 bits per heavy atom. The van der Waals surface area contributed by atoms with Crippen molar-refractivity contribution in [1.82, 2.24) is 10.6 Å². The molecule has 0 aliphatic carbocycles. The molecule has 23 nitrogen and oxygen atoms in total. The van der Waals surface area contributed by atoms with E-state index in [2.05, 4.69) is 36.6 Å². The maximum atomic E-state index is 13.5. The summed E-state index contributed by atoms with van der Waals surface area (Å²) in [4.78, 5) is 38.5. The van der Waals surface area contributed by atoms with Crippen molar-refractivity contribution >= 4 is 17.8 Å². The number of carboxylic acid groups (broad SMARTS) is 1. The van der Waals surface area contributed by atoms with Crippen molar-refractivity contribution < 1.29 is 104 Å². The molecule has 3 aliphatic rings. The van der Waals surface area contributed by atoms with Gasteiger partial charge >= 0.3 is 5.97 Å². The number of carboxylic acids is 1. The van der Waals surface area contributed by atoms with E-state index in [1.807, 2.05) is 0 Å². The number of nitrogens with one attached hydrogen (secondary N) is 2. The van der Waals surface area contributed by atoms with Crippen molar-refractivity contribution in [1.29, 1.82) is 0 Å². The number of unbranched alkanes of at least 4 members (excludes halogenated alkanes) is 30. The molecule has 0 saturated carbocycles. The lowest BCUT2D eigenvalue weighted by Crippen LogP contribution is -2.70. The first-order valence-corrected chi connectivity index (χ1v) is 34.5. The Labute approximate surface area is 531 Å².